The number of fused-ring (bicyclic) bond motifs is 2. The summed E-state index contributed by atoms with van der Waals surface area (Å²) >= 11 is 0. The summed E-state index contributed by atoms with van der Waals surface area (Å²) in [4.78, 5) is 2.30. The first-order valence-electron chi connectivity index (χ1n) is 9.25. The highest BCUT2D eigenvalue weighted by atomic mass is 16.6. The van der Waals surface area contributed by atoms with Crippen LogP contribution in [0.25, 0.3) is 5.65 Å². The van der Waals surface area contributed by atoms with Crippen LogP contribution in [-0.4, -0.2) is 52.2 Å². The number of hydrogen-bond donors (Lipinski definition) is 0. The molecule has 0 radical (unpaired) electrons. The molecule has 8 nitrogen and oxygen atoms in total. The molecular formula is C19H21N5O3. The maximum atomic E-state index is 6.19. The normalized spacial score (nSPS) is 17.3. The van der Waals surface area contributed by atoms with Crippen molar-refractivity contribution in [2.24, 2.45) is 0 Å². The van der Waals surface area contributed by atoms with E-state index < -0.39 is 0 Å². The maximum Gasteiger partial charge on any atom is 0.177 e. The largest absolute Gasteiger partial charge is 0.490 e. The lowest BCUT2D eigenvalue weighted by molar-refractivity contribution is 0.159. The van der Waals surface area contributed by atoms with E-state index in [4.69, 9.17) is 14.2 Å². The fourth-order valence-corrected chi connectivity index (χ4v) is 3.64. The number of benzene rings is 1. The van der Waals surface area contributed by atoms with E-state index in [-0.39, 0.29) is 6.10 Å². The molecule has 3 aromatic rings. The first-order chi connectivity index (χ1) is 13.3. The number of hydrogen-bond acceptors (Lipinski definition) is 7. The highest BCUT2D eigenvalue weighted by molar-refractivity contribution is 5.52. The molecule has 0 unspecified atom stereocenters. The van der Waals surface area contributed by atoms with Crippen LogP contribution in [0.2, 0.25) is 0 Å². The SMILES string of the molecule is Cc1cc2nncn2nc1N1CCC(Oc2ccc3c(c2)OCCO3)CC1. The third kappa shape index (κ3) is 3.11. The highest BCUT2D eigenvalue weighted by Gasteiger charge is 2.24. The molecule has 5 rings (SSSR count). The minimum atomic E-state index is 0.183. The lowest BCUT2D eigenvalue weighted by Crippen LogP contribution is -2.39. The Kier molecular flexibility index (Phi) is 3.95. The molecule has 0 bridgehead atoms. The summed E-state index contributed by atoms with van der Waals surface area (Å²) in [5, 5.41) is 12.6. The molecule has 2 aliphatic rings. The molecule has 0 saturated carbocycles. The van der Waals surface area contributed by atoms with Gasteiger partial charge in [0.2, 0.25) is 0 Å². The van der Waals surface area contributed by atoms with E-state index in [9.17, 15) is 0 Å². The van der Waals surface area contributed by atoms with Gasteiger partial charge in [0.1, 0.15) is 31.4 Å². The van der Waals surface area contributed by atoms with Crippen molar-refractivity contribution in [2.45, 2.75) is 25.9 Å². The average molecular weight is 367 g/mol. The molecule has 0 N–H and O–H groups in total. The van der Waals surface area contributed by atoms with E-state index in [0.717, 1.165) is 60.2 Å². The van der Waals surface area contributed by atoms with Crippen LogP contribution in [0.1, 0.15) is 18.4 Å². The van der Waals surface area contributed by atoms with Gasteiger partial charge in [-0.2, -0.15) is 4.52 Å². The Morgan fingerprint density at radius 2 is 1.89 bits per heavy atom. The van der Waals surface area contributed by atoms with E-state index in [1.807, 2.05) is 24.3 Å². The van der Waals surface area contributed by atoms with Crippen molar-refractivity contribution in [3.63, 3.8) is 0 Å². The van der Waals surface area contributed by atoms with E-state index >= 15 is 0 Å². The lowest BCUT2D eigenvalue weighted by atomic mass is 10.1. The molecular weight excluding hydrogens is 346 g/mol. The predicted molar refractivity (Wildman–Crippen MR) is 98.8 cm³/mol. The van der Waals surface area contributed by atoms with Crippen LogP contribution < -0.4 is 19.1 Å². The van der Waals surface area contributed by atoms with Crippen molar-refractivity contribution in [1.82, 2.24) is 19.8 Å². The Hall–Kier alpha value is -3.03. The Morgan fingerprint density at radius 3 is 2.74 bits per heavy atom. The Labute approximate surface area is 156 Å². The zero-order valence-electron chi connectivity index (χ0n) is 15.2. The predicted octanol–water partition coefficient (Wildman–Crippen LogP) is 2.25. The van der Waals surface area contributed by atoms with Gasteiger partial charge < -0.3 is 19.1 Å². The third-order valence-electron chi connectivity index (χ3n) is 5.01. The van der Waals surface area contributed by atoms with Gasteiger partial charge in [-0.25, -0.2) is 0 Å². The number of anilines is 1. The fourth-order valence-electron chi connectivity index (χ4n) is 3.64. The monoisotopic (exact) mass is 367 g/mol. The second-order valence-corrected chi connectivity index (χ2v) is 6.89. The lowest BCUT2D eigenvalue weighted by Gasteiger charge is -2.33. The van der Waals surface area contributed by atoms with E-state index in [1.54, 1.807) is 10.8 Å². The molecule has 2 aliphatic heterocycles. The zero-order chi connectivity index (χ0) is 18.2. The van der Waals surface area contributed by atoms with Gasteiger partial charge in [-0.15, -0.1) is 15.3 Å². The molecule has 0 aliphatic carbocycles. The van der Waals surface area contributed by atoms with Gasteiger partial charge in [-0.1, -0.05) is 0 Å². The van der Waals surface area contributed by atoms with E-state index in [2.05, 4.69) is 27.1 Å². The van der Waals surface area contributed by atoms with Crippen LogP contribution in [-0.2, 0) is 0 Å². The molecule has 140 valence electrons. The van der Waals surface area contributed by atoms with Gasteiger partial charge in [-0.05, 0) is 30.7 Å². The van der Waals surface area contributed by atoms with Crippen molar-refractivity contribution in [3.05, 3.63) is 36.2 Å². The maximum absolute atomic E-state index is 6.19. The standard InChI is InChI=1S/C19H21N5O3/c1-13-10-18-21-20-12-24(18)22-19(13)23-6-4-14(5-7-23)27-15-2-3-16-17(11-15)26-9-8-25-16/h2-3,10-12,14H,4-9H2,1H3. The summed E-state index contributed by atoms with van der Waals surface area (Å²) in [7, 11) is 0. The topological polar surface area (TPSA) is 74.0 Å². The minimum Gasteiger partial charge on any atom is -0.490 e. The molecule has 8 heteroatoms. The van der Waals surface area contributed by atoms with Crippen LogP contribution in [0.4, 0.5) is 5.82 Å². The number of ether oxygens (including phenoxy) is 3. The Bertz CT molecular complexity index is 965. The number of piperidine rings is 1. The summed E-state index contributed by atoms with van der Waals surface area (Å²) in [6.07, 6.45) is 3.70. The molecule has 0 atom stereocenters. The smallest absolute Gasteiger partial charge is 0.177 e. The Balaban J connectivity index is 1.25. The average Bonchev–Trinajstić information content (AvgIpc) is 3.15. The first-order valence-corrected chi connectivity index (χ1v) is 9.25. The van der Waals surface area contributed by atoms with Crippen molar-refractivity contribution in [3.8, 4) is 17.2 Å². The summed E-state index contributed by atoms with van der Waals surface area (Å²) in [5.41, 5.74) is 1.88. The fraction of sp³-hybridized carbons (Fsp3) is 0.421. The van der Waals surface area contributed by atoms with Gasteiger partial charge >= 0.3 is 0 Å². The van der Waals surface area contributed by atoms with Crippen molar-refractivity contribution in [1.29, 1.82) is 0 Å². The minimum absolute atomic E-state index is 0.183. The second-order valence-electron chi connectivity index (χ2n) is 6.89. The molecule has 27 heavy (non-hydrogen) atoms. The first kappa shape index (κ1) is 16.2. The van der Waals surface area contributed by atoms with Crippen LogP contribution in [0.5, 0.6) is 17.2 Å². The molecule has 0 amide bonds. The third-order valence-corrected chi connectivity index (χ3v) is 5.01. The zero-order valence-corrected chi connectivity index (χ0v) is 15.2. The van der Waals surface area contributed by atoms with Crippen molar-refractivity contribution >= 4 is 11.5 Å². The second kappa shape index (κ2) is 6.61. The van der Waals surface area contributed by atoms with Crippen LogP contribution in [0.3, 0.4) is 0 Å². The van der Waals surface area contributed by atoms with Crippen molar-refractivity contribution < 1.29 is 14.2 Å². The number of aryl methyl sites for hydroxylation is 1. The summed E-state index contributed by atoms with van der Waals surface area (Å²) in [6, 6.07) is 7.81. The van der Waals surface area contributed by atoms with Gasteiger partial charge in [-0.3, -0.25) is 0 Å². The van der Waals surface area contributed by atoms with E-state index in [1.165, 1.54) is 0 Å². The molecule has 1 saturated heterocycles. The Morgan fingerprint density at radius 1 is 1.07 bits per heavy atom. The summed E-state index contributed by atoms with van der Waals surface area (Å²) in [5.74, 6) is 3.37. The summed E-state index contributed by atoms with van der Waals surface area (Å²) < 4.78 is 19.1. The van der Waals surface area contributed by atoms with Crippen LogP contribution in [0.15, 0.2) is 30.6 Å². The molecule has 1 fully saturated rings. The number of aromatic nitrogens is 4. The quantitative estimate of drug-likeness (QED) is 0.703. The van der Waals surface area contributed by atoms with Crippen LogP contribution >= 0.6 is 0 Å². The number of nitrogens with zero attached hydrogens (tertiary/aromatic N) is 5. The molecule has 4 heterocycles. The van der Waals surface area contributed by atoms with E-state index in [0.29, 0.717) is 13.2 Å². The number of rotatable bonds is 3. The van der Waals surface area contributed by atoms with Crippen LogP contribution in [0, 0.1) is 6.92 Å². The van der Waals surface area contributed by atoms with Gasteiger partial charge in [0.25, 0.3) is 0 Å². The van der Waals surface area contributed by atoms with Gasteiger partial charge in [0, 0.05) is 32.0 Å². The highest BCUT2D eigenvalue weighted by Crippen LogP contribution is 2.34. The van der Waals surface area contributed by atoms with Crippen molar-refractivity contribution in [2.75, 3.05) is 31.2 Å². The molecule has 1 aromatic carbocycles. The van der Waals surface area contributed by atoms with Gasteiger partial charge in [0.15, 0.2) is 23.0 Å². The molecule has 2 aromatic heterocycles. The van der Waals surface area contributed by atoms with Gasteiger partial charge in [0.05, 0.1) is 0 Å². The summed E-state index contributed by atoms with van der Waals surface area (Å²) in [6.45, 7) is 5.04. The molecule has 0 spiro atoms.